The summed E-state index contributed by atoms with van der Waals surface area (Å²) in [5.41, 5.74) is 2.04. The van der Waals surface area contributed by atoms with Crippen LogP contribution in [0.15, 0.2) is 84.0 Å². The maximum Gasteiger partial charge on any atom is 0.133 e. The van der Waals surface area contributed by atoms with Crippen molar-refractivity contribution in [3.05, 3.63) is 104 Å². The summed E-state index contributed by atoms with van der Waals surface area (Å²) in [6.07, 6.45) is 0. The topological polar surface area (TPSA) is 53.2 Å². The maximum absolute atomic E-state index is 10.8. The predicted molar refractivity (Wildman–Crippen MR) is 103 cm³/mol. The quantitative estimate of drug-likeness (QED) is 0.314. The Morgan fingerprint density at radius 2 is 1.42 bits per heavy atom. The van der Waals surface area contributed by atoms with Gasteiger partial charge >= 0.3 is 0 Å². The van der Waals surface area contributed by atoms with E-state index < -0.39 is 5.41 Å². The van der Waals surface area contributed by atoms with Crippen LogP contribution in [-0.2, 0) is 5.41 Å². The molecular formula is C20H13IN2O. The number of halogens is 1. The van der Waals surface area contributed by atoms with E-state index >= 15 is 0 Å². The molecule has 116 valence electrons. The van der Waals surface area contributed by atoms with Crippen molar-refractivity contribution >= 4 is 28.3 Å². The van der Waals surface area contributed by atoms with Crippen LogP contribution in [0.25, 0.3) is 0 Å². The molecule has 0 saturated carbocycles. The Morgan fingerprint density at radius 1 is 0.875 bits per heavy atom. The molecule has 0 spiro atoms. The average molecular weight is 424 g/mol. The highest BCUT2D eigenvalue weighted by atomic mass is 127. The first-order chi connectivity index (χ1) is 11.7. The van der Waals surface area contributed by atoms with Crippen LogP contribution in [0.4, 0.5) is 5.69 Å². The Balaban J connectivity index is 2.35. The van der Waals surface area contributed by atoms with E-state index in [0.29, 0.717) is 5.69 Å². The first-order valence-electron chi connectivity index (χ1n) is 7.38. The molecule has 0 fully saturated rings. The van der Waals surface area contributed by atoms with Crippen molar-refractivity contribution < 1.29 is 0 Å². The van der Waals surface area contributed by atoms with Crippen molar-refractivity contribution in [1.29, 1.82) is 5.26 Å². The van der Waals surface area contributed by atoms with E-state index in [9.17, 15) is 10.2 Å². The van der Waals surface area contributed by atoms with E-state index in [1.807, 2.05) is 66.7 Å². The number of hydrogen-bond donors (Lipinski definition) is 0. The second kappa shape index (κ2) is 6.93. The molecule has 0 saturated heterocycles. The van der Waals surface area contributed by atoms with Gasteiger partial charge in [0.1, 0.15) is 11.1 Å². The highest BCUT2D eigenvalue weighted by molar-refractivity contribution is 14.1. The van der Waals surface area contributed by atoms with Gasteiger partial charge in [0.25, 0.3) is 0 Å². The molecule has 0 aliphatic heterocycles. The third kappa shape index (κ3) is 2.72. The SMILES string of the molecule is N#CC(c1ccccc1)(c1ccccc1)c1ccc(N=O)cc1I. The van der Waals surface area contributed by atoms with Crippen molar-refractivity contribution in [1.82, 2.24) is 0 Å². The molecule has 0 aliphatic carbocycles. The Kier molecular flexibility index (Phi) is 4.72. The van der Waals surface area contributed by atoms with E-state index in [1.54, 1.807) is 12.1 Å². The molecule has 0 unspecified atom stereocenters. The fourth-order valence-corrected chi connectivity index (χ4v) is 3.81. The minimum absolute atomic E-state index is 0.358. The van der Waals surface area contributed by atoms with Gasteiger partial charge in [-0.25, -0.2) is 0 Å². The molecule has 0 atom stereocenters. The van der Waals surface area contributed by atoms with Gasteiger partial charge in [-0.2, -0.15) is 5.26 Å². The Labute approximate surface area is 154 Å². The first kappa shape index (κ1) is 16.3. The third-order valence-electron chi connectivity index (χ3n) is 4.04. The van der Waals surface area contributed by atoms with Gasteiger partial charge in [-0.1, -0.05) is 66.7 Å². The summed E-state index contributed by atoms with van der Waals surface area (Å²) in [6, 6.07) is 27.1. The van der Waals surface area contributed by atoms with Crippen LogP contribution in [0.1, 0.15) is 16.7 Å². The molecule has 0 N–H and O–H groups in total. The molecule has 0 radical (unpaired) electrons. The number of nitrogens with zero attached hydrogens (tertiary/aromatic N) is 2. The third-order valence-corrected chi connectivity index (χ3v) is 4.94. The molecule has 3 aromatic rings. The zero-order valence-corrected chi connectivity index (χ0v) is 14.8. The summed E-state index contributed by atoms with van der Waals surface area (Å²) in [5.74, 6) is 0. The lowest BCUT2D eigenvalue weighted by Gasteiger charge is -2.29. The Hall–Kier alpha value is -2.52. The lowest BCUT2D eigenvalue weighted by atomic mass is 9.70. The zero-order chi connectivity index (χ0) is 17.0. The molecule has 0 amide bonds. The van der Waals surface area contributed by atoms with Crippen LogP contribution in [-0.4, -0.2) is 0 Å². The minimum atomic E-state index is -0.944. The van der Waals surface area contributed by atoms with E-state index in [-0.39, 0.29) is 0 Å². The first-order valence-corrected chi connectivity index (χ1v) is 8.46. The van der Waals surface area contributed by atoms with Gasteiger partial charge < -0.3 is 0 Å². The highest BCUT2D eigenvalue weighted by Gasteiger charge is 2.38. The molecule has 0 aromatic heterocycles. The summed E-state index contributed by atoms with van der Waals surface area (Å²) in [4.78, 5) is 10.8. The maximum atomic E-state index is 10.8. The van der Waals surface area contributed by atoms with Crippen molar-refractivity contribution in [3.8, 4) is 6.07 Å². The summed E-state index contributed by atoms with van der Waals surface area (Å²) >= 11 is 2.16. The summed E-state index contributed by atoms with van der Waals surface area (Å²) in [5, 5.41) is 13.2. The van der Waals surface area contributed by atoms with Crippen molar-refractivity contribution in [2.45, 2.75) is 5.41 Å². The van der Waals surface area contributed by atoms with E-state index in [0.717, 1.165) is 20.3 Å². The van der Waals surface area contributed by atoms with Gasteiger partial charge in [0.05, 0.1) is 6.07 Å². The molecule has 3 nitrogen and oxygen atoms in total. The normalized spacial score (nSPS) is 10.8. The van der Waals surface area contributed by atoms with Crippen LogP contribution < -0.4 is 0 Å². The average Bonchev–Trinajstić information content (AvgIpc) is 2.65. The van der Waals surface area contributed by atoms with Gasteiger partial charge in [-0.05, 0) is 56.6 Å². The van der Waals surface area contributed by atoms with E-state index in [2.05, 4.69) is 33.8 Å². The largest absolute Gasteiger partial charge is 0.197 e. The molecule has 3 aromatic carbocycles. The van der Waals surface area contributed by atoms with Gasteiger partial charge in [-0.3, -0.25) is 0 Å². The van der Waals surface area contributed by atoms with Crippen LogP contribution in [0.3, 0.4) is 0 Å². The number of nitriles is 1. The Morgan fingerprint density at radius 3 is 1.83 bits per heavy atom. The number of benzene rings is 3. The van der Waals surface area contributed by atoms with Crippen molar-refractivity contribution in [2.75, 3.05) is 0 Å². The lowest BCUT2D eigenvalue weighted by molar-refractivity contribution is 0.790. The highest BCUT2D eigenvalue weighted by Crippen LogP contribution is 2.41. The van der Waals surface area contributed by atoms with E-state index in [4.69, 9.17) is 0 Å². The molecular weight excluding hydrogens is 411 g/mol. The van der Waals surface area contributed by atoms with Gasteiger partial charge in [0.2, 0.25) is 0 Å². The molecule has 4 heteroatoms. The van der Waals surface area contributed by atoms with Crippen LogP contribution in [0, 0.1) is 19.8 Å². The fourth-order valence-electron chi connectivity index (χ4n) is 2.91. The number of nitroso groups, excluding NO2 is 1. The van der Waals surface area contributed by atoms with Crippen LogP contribution >= 0.6 is 22.6 Å². The van der Waals surface area contributed by atoms with E-state index in [1.165, 1.54) is 0 Å². The zero-order valence-electron chi connectivity index (χ0n) is 12.7. The van der Waals surface area contributed by atoms with Crippen LogP contribution in [0.5, 0.6) is 0 Å². The molecule has 0 aliphatic rings. The second-order valence-corrected chi connectivity index (χ2v) is 6.51. The smallest absolute Gasteiger partial charge is 0.133 e. The van der Waals surface area contributed by atoms with Crippen molar-refractivity contribution in [3.63, 3.8) is 0 Å². The number of hydrogen-bond acceptors (Lipinski definition) is 3. The summed E-state index contributed by atoms with van der Waals surface area (Å²) < 4.78 is 0.832. The number of rotatable bonds is 4. The Bertz CT molecular complexity index is 862. The molecule has 3 rings (SSSR count). The lowest BCUT2D eigenvalue weighted by Crippen LogP contribution is -2.28. The molecule has 24 heavy (non-hydrogen) atoms. The van der Waals surface area contributed by atoms with Crippen molar-refractivity contribution in [2.24, 2.45) is 5.18 Å². The monoisotopic (exact) mass is 424 g/mol. The predicted octanol–water partition coefficient (Wildman–Crippen LogP) is 5.55. The second-order valence-electron chi connectivity index (χ2n) is 5.35. The fraction of sp³-hybridized carbons (Fsp3) is 0.0500. The standard InChI is InChI=1S/C20H13IN2O/c21-19-13-17(23-24)11-12-18(19)20(14-22,15-7-3-1-4-8-15)16-9-5-2-6-10-16/h1-13H. The van der Waals surface area contributed by atoms with Gasteiger partial charge in [0.15, 0.2) is 0 Å². The minimum Gasteiger partial charge on any atom is -0.197 e. The van der Waals surface area contributed by atoms with Crippen LogP contribution in [0.2, 0.25) is 0 Å². The summed E-state index contributed by atoms with van der Waals surface area (Å²) in [6.45, 7) is 0. The van der Waals surface area contributed by atoms with Gasteiger partial charge in [0, 0.05) is 3.57 Å². The molecule has 0 heterocycles. The molecule has 0 bridgehead atoms. The summed E-state index contributed by atoms with van der Waals surface area (Å²) in [7, 11) is 0. The van der Waals surface area contributed by atoms with Gasteiger partial charge in [-0.15, -0.1) is 4.91 Å².